The largest absolute Gasteiger partial charge is 0.488 e. The number of nitrogens with two attached hydrogens (primary N) is 1. The molecule has 2 fully saturated rings. The average molecular weight is 1850 g/mol. The number of nitrogens with zero attached hydrogens (tertiary/aromatic N) is 11. The number of nitrogens with one attached hydrogen (secondary N) is 1. The zero-order valence-electron chi connectivity index (χ0n) is 63.9. The number of halogens is 12. The highest BCUT2D eigenvalue weighted by Gasteiger charge is 2.30. The summed E-state index contributed by atoms with van der Waals surface area (Å²) >= 11 is 32.3. The number of aryl methyl sites for hydroxylation is 1. The molecule has 2 saturated carbocycles. The third-order valence-corrected chi connectivity index (χ3v) is 26.6. The van der Waals surface area contributed by atoms with E-state index in [0.717, 1.165) is 56.0 Å². The second kappa shape index (κ2) is 40.2. The third-order valence-electron chi connectivity index (χ3n) is 19.1. The number of benzene rings is 6. The number of fused-ring (bicyclic) bond motifs is 3. The van der Waals surface area contributed by atoms with E-state index in [-0.39, 0.29) is 119 Å². The van der Waals surface area contributed by atoms with Crippen LogP contribution in [0.5, 0.6) is 11.8 Å². The van der Waals surface area contributed by atoms with Crippen LogP contribution in [0.15, 0.2) is 165 Å². The van der Waals surface area contributed by atoms with Gasteiger partial charge in [0, 0.05) is 74.5 Å². The molecule has 39 heteroatoms. The van der Waals surface area contributed by atoms with Crippen LogP contribution < -0.4 is 26.0 Å². The van der Waals surface area contributed by atoms with E-state index in [1.807, 2.05) is 0 Å². The maximum absolute atomic E-state index is 15.3. The molecule has 0 amide bonds. The van der Waals surface area contributed by atoms with Gasteiger partial charge in [0.1, 0.15) is 68.7 Å². The van der Waals surface area contributed by atoms with E-state index >= 15 is 8.78 Å². The van der Waals surface area contributed by atoms with Crippen molar-refractivity contribution in [1.29, 1.82) is 0 Å². The quantitative estimate of drug-likeness (QED) is 0.0352. The summed E-state index contributed by atoms with van der Waals surface area (Å²) in [6, 6.07) is 31.1. The topological polar surface area (TPSA) is 322 Å². The molecule has 0 bridgehead atoms. The molecule has 0 atom stereocenters. The monoisotopic (exact) mass is 1840 g/mol. The van der Waals surface area contributed by atoms with Gasteiger partial charge in [-0.05, 0) is 227 Å². The molecular formula is C79H76BBrCl5F6N13O10S3. The van der Waals surface area contributed by atoms with Crippen molar-refractivity contribution in [2.45, 2.75) is 114 Å². The third kappa shape index (κ3) is 23.3. The summed E-state index contributed by atoms with van der Waals surface area (Å²) in [7, 11) is -2.37. The van der Waals surface area contributed by atoms with Crippen molar-refractivity contribution in [3.8, 4) is 34.0 Å². The molecule has 622 valence electrons. The fourth-order valence-electron chi connectivity index (χ4n) is 12.9. The van der Waals surface area contributed by atoms with Crippen LogP contribution in [0.25, 0.3) is 55.0 Å². The number of ether oxygens (including phenoxy) is 2. The summed E-state index contributed by atoms with van der Waals surface area (Å²) in [4.78, 5) is 40.2. The Morgan fingerprint density at radius 1 is 0.483 bits per heavy atom. The molecule has 6 heterocycles. The van der Waals surface area contributed by atoms with Gasteiger partial charge < -0.3 is 40.4 Å². The molecule has 12 aromatic rings. The molecule has 0 aliphatic heterocycles. The number of pyridine rings is 3. The van der Waals surface area contributed by atoms with E-state index in [4.69, 9.17) is 83.3 Å². The lowest BCUT2D eigenvalue weighted by Gasteiger charge is -2.32. The smallest absolute Gasteiger partial charge is 0.481 e. The first-order chi connectivity index (χ1) is 55.8. The van der Waals surface area contributed by atoms with Gasteiger partial charge in [-0.2, -0.15) is 0 Å². The maximum Gasteiger partial charge on any atom is 0.488 e. The zero-order chi connectivity index (χ0) is 85.8. The van der Waals surface area contributed by atoms with Gasteiger partial charge in [0.2, 0.25) is 28.3 Å². The Morgan fingerprint density at radius 3 is 1.25 bits per heavy atom. The molecule has 5 N–H and O–H groups in total. The van der Waals surface area contributed by atoms with Crippen LogP contribution in [-0.4, -0.2) is 164 Å². The van der Waals surface area contributed by atoms with Crippen molar-refractivity contribution in [3.05, 3.63) is 234 Å². The lowest BCUT2D eigenvalue weighted by Crippen LogP contribution is -2.36. The molecule has 6 aromatic heterocycles. The maximum atomic E-state index is 15.3. The van der Waals surface area contributed by atoms with E-state index < -0.39 is 88.8 Å². The van der Waals surface area contributed by atoms with Crippen LogP contribution in [0.1, 0.15) is 74.1 Å². The van der Waals surface area contributed by atoms with Gasteiger partial charge in [0.25, 0.3) is 0 Å². The first-order valence-corrected chi connectivity index (χ1v) is 43.6. The van der Waals surface area contributed by atoms with Crippen molar-refractivity contribution in [2.75, 3.05) is 47.7 Å². The molecule has 6 aromatic carbocycles. The van der Waals surface area contributed by atoms with Crippen LogP contribution in [0.2, 0.25) is 25.6 Å². The summed E-state index contributed by atoms with van der Waals surface area (Å²) in [5, 5.41) is 22.2. The van der Waals surface area contributed by atoms with E-state index in [0.29, 0.717) is 44.4 Å². The number of hydrogen-bond donors (Lipinski definition) is 4. The molecule has 23 nitrogen and oxygen atoms in total. The Labute approximate surface area is 710 Å². The van der Waals surface area contributed by atoms with Crippen LogP contribution >= 0.6 is 73.9 Å². The Balaban J connectivity index is 0.000000168. The highest BCUT2D eigenvalue weighted by molar-refractivity contribution is 9.10. The number of hydrogen-bond acceptors (Lipinski definition) is 23. The Hall–Kier alpha value is -8.59. The molecule has 118 heavy (non-hydrogen) atoms. The van der Waals surface area contributed by atoms with E-state index in [1.165, 1.54) is 131 Å². The fourth-order valence-corrected chi connectivity index (χ4v) is 19.0. The van der Waals surface area contributed by atoms with Gasteiger partial charge in [-0.15, -0.1) is 0 Å². The second-order valence-electron chi connectivity index (χ2n) is 27.7. The van der Waals surface area contributed by atoms with Gasteiger partial charge in [0.15, 0.2) is 29.5 Å². The molecule has 0 radical (unpaired) electrons. The predicted molar refractivity (Wildman–Crippen MR) is 449 cm³/mol. The average Bonchev–Trinajstić information content (AvgIpc) is 0.781. The summed E-state index contributed by atoms with van der Waals surface area (Å²) < 4.78 is 174. The van der Waals surface area contributed by atoms with Crippen molar-refractivity contribution in [1.82, 2.24) is 54.7 Å². The highest BCUT2D eigenvalue weighted by Crippen LogP contribution is 2.38. The molecule has 2 aliphatic carbocycles. The highest BCUT2D eigenvalue weighted by atomic mass is 79.9. The van der Waals surface area contributed by atoms with Gasteiger partial charge in [-0.1, -0.05) is 77.3 Å². The number of sulfone groups is 3. The van der Waals surface area contributed by atoms with Gasteiger partial charge in [0.05, 0.1) is 66.7 Å². The summed E-state index contributed by atoms with van der Waals surface area (Å²) in [6.45, 7) is 1.66. The molecular weight excluding hydrogens is 1770 g/mol. The van der Waals surface area contributed by atoms with Crippen molar-refractivity contribution in [2.24, 2.45) is 5.73 Å². The molecule has 0 spiro atoms. The van der Waals surface area contributed by atoms with Crippen molar-refractivity contribution >= 4 is 155 Å². The summed E-state index contributed by atoms with van der Waals surface area (Å²) in [5.74, 6) is -6.21. The van der Waals surface area contributed by atoms with Crippen LogP contribution in [0.4, 0.5) is 32.3 Å². The lowest BCUT2D eigenvalue weighted by atomic mass is 9.80. The van der Waals surface area contributed by atoms with Gasteiger partial charge in [-0.25, -0.2) is 91.5 Å². The first kappa shape index (κ1) is 91.7. The zero-order valence-corrected chi connectivity index (χ0v) is 71.8. The molecule has 0 saturated heterocycles. The molecule has 2 aliphatic rings. The number of aromatic nitrogens is 9. The van der Waals surface area contributed by atoms with Gasteiger partial charge >= 0.3 is 7.12 Å². The van der Waals surface area contributed by atoms with E-state index in [1.54, 1.807) is 37.3 Å². The summed E-state index contributed by atoms with van der Waals surface area (Å²) in [5.41, 5.74) is 6.52. The van der Waals surface area contributed by atoms with Gasteiger partial charge in [-0.3, -0.25) is 4.98 Å². The Morgan fingerprint density at radius 2 is 0.847 bits per heavy atom. The first-order valence-electron chi connectivity index (χ1n) is 36.0. The minimum atomic E-state index is -4.00. The van der Waals surface area contributed by atoms with E-state index in [2.05, 4.69) is 104 Å². The lowest BCUT2D eigenvalue weighted by molar-refractivity contribution is 0.217. The Kier molecular flexibility index (Phi) is 31.2. The number of rotatable bonds is 18. The van der Waals surface area contributed by atoms with Crippen LogP contribution in [0, 0.1) is 41.8 Å². The standard InChI is InChI=1S/C29H30ClF2N5O3S.C21H13Cl2F2N3O3S.C13H10BrClFNO2S.C8H5BClFN2O2.C8H18N2/c1-37(2)20-10-8-19(9-11-20)34-29-33-15-18-12-17(13-24(32)27(18)36-29)21-14-23(31)25(35-28(21)40-3)16-41(38,39)26-7-5-4-6-22(26)30;1-31-20-13(11-6-12-9-26-21(23)28-19(12)16(25)7-11)8-15(24)17(27-20)10-32(29,30)18-5-3-2-4-14(18)22;1-8-9(14)6-11(16)12(17-8)7-20(18,19)13-5-3-2-4-10(13)15;10-8-12-3-4-1-5(9(14)15)2-6(11)7(4)13-8;1-10(2)8-5-3-7(9)4-6-8/h4-7,12-15,19-20H,8-11,16H2,1-3H3,(H,33,34,36);2-9H,10H2,1H3;2-6H,7H2,1H3;1-3,14-15H;7-8H,3-6,9H2,1-2H3. The number of methoxy groups -OCH3 is 2. The molecule has 0 unspecified atom stereocenters. The van der Waals surface area contributed by atoms with Crippen molar-refractivity contribution < 1.29 is 71.1 Å². The predicted octanol–water partition coefficient (Wildman–Crippen LogP) is 16.0. The number of anilines is 1. The van der Waals surface area contributed by atoms with E-state index in [9.17, 15) is 42.8 Å². The SMILES string of the molecule is CN(C)C1CCC(N)CC1.COc1nc(CS(=O)(=O)c2ccccc2Cl)c(F)cc1-c1cc(F)c2nc(Cl)ncc2c1.COc1nc(CS(=O)(=O)c2ccccc2Cl)c(F)cc1-c1cc(F)c2nc(NC3CCC(N(C)C)CC3)ncc2c1.Cc1nc(CS(=O)(=O)c2ccccc2Cl)c(F)cc1Br.OB(O)c1cc(F)c2nc(Cl)ncc2c1. The van der Waals surface area contributed by atoms with Crippen LogP contribution in [-0.2, 0) is 46.8 Å². The second-order valence-corrected chi connectivity index (χ2v) is 36.3. The van der Waals surface area contributed by atoms with Crippen LogP contribution in [0.3, 0.4) is 0 Å². The van der Waals surface area contributed by atoms with Crippen molar-refractivity contribution in [3.63, 3.8) is 0 Å². The minimum absolute atomic E-state index is 0.00333. The minimum Gasteiger partial charge on any atom is -0.481 e. The molecule has 14 rings (SSSR count). The fraction of sp³-hybridized carbons (Fsp3) is 0.278. The normalized spacial score (nSPS) is 15.6. The Bertz CT molecular complexity index is 6050. The summed E-state index contributed by atoms with van der Waals surface area (Å²) in [6.07, 6.45) is 13.2.